The molecule has 3 N–H and O–H groups in total. The second kappa shape index (κ2) is 6.27. The van der Waals surface area contributed by atoms with Crippen LogP contribution in [0.1, 0.15) is 24.2 Å². The number of alkyl halides is 3. The van der Waals surface area contributed by atoms with Gasteiger partial charge < -0.3 is 15.3 Å². The molecule has 0 amide bonds. The number of nitrogens with one attached hydrogen (secondary N) is 2. The fourth-order valence-electron chi connectivity index (χ4n) is 2.76. The Kier molecular flexibility index (Phi) is 4.70. The van der Waals surface area contributed by atoms with Crippen molar-refractivity contribution in [1.29, 1.82) is 5.41 Å². The third-order valence-electron chi connectivity index (χ3n) is 3.82. The first-order valence-electron chi connectivity index (χ1n) is 7.44. The van der Waals surface area contributed by atoms with Crippen LogP contribution in [0, 0.1) is 5.41 Å². The molecule has 5 nitrogen and oxygen atoms in total. The number of ketones is 1. The molecule has 0 saturated carbocycles. The van der Waals surface area contributed by atoms with Crippen molar-refractivity contribution in [2.24, 2.45) is 0 Å². The van der Waals surface area contributed by atoms with Crippen LogP contribution >= 0.6 is 0 Å². The summed E-state index contributed by atoms with van der Waals surface area (Å²) in [4.78, 5) is 13.2. The van der Waals surface area contributed by atoms with Crippen molar-refractivity contribution in [3.63, 3.8) is 0 Å². The van der Waals surface area contributed by atoms with E-state index in [1.54, 1.807) is 13.0 Å². The smallest absolute Gasteiger partial charge is 0.382 e. The predicted molar refractivity (Wildman–Crippen MR) is 82.6 cm³/mol. The maximum absolute atomic E-state index is 13.7. The number of hydrogen-bond acceptors (Lipinski definition) is 4. The van der Waals surface area contributed by atoms with E-state index < -0.39 is 29.1 Å². The van der Waals surface area contributed by atoms with Gasteiger partial charge in [0, 0.05) is 18.7 Å². The van der Waals surface area contributed by atoms with Crippen LogP contribution in [0.25, 0.3) is 0 Å². The average Bonchev–Trinajstić information content (AvgIpc) is 2.76. The van der Waals surface area contributed by atoms with Gasteiger partial charge >= 0.3 is 6.18 Å². The number of aliphatic hydroxyl groups is 1. The number of hydrogen-bond donors (Lipinski definition) is 3. The van der Waals surface area contributed by atoms with Crippen molar-refractivity contribution >= 4 is 11.6 Å². The van der Waals surface area contributed by atoms with E-state index in [0.29, 0.717) is 4.90 Å². The predicted octanol–water partition coefficient (Wildman–Crippen LogP) is 2.30. The van der Waals surface area contributed by atoms with Gasteiger partial charge in [-0.15, -0.1) is 0 Å². The normalized spacial score (nSPS) is 21.4. The van der Waals surface area contributed by atoms with Crippen LogP contribution in [0.5, 0.6) is 0 Å². The largest absolute Gasteiger partial charge is 0.441 e. The van der Waals surface area contributed by atoms with Gasteiger partial charge in [-0.2, -0.15) is 13.2 Å². The first-order valence-corrected chi connectivity index (χ1v) is 7.44. The number of carbonyl (C=O) groups excluding carboxylic acids is 1. The summed E-state index contributed by atoms with van der Waals surface area (Å²) in [5.74, 6) is -1.52. The van der Waals surface area contributed by atoms with Gasteiger partial charge in [-0.1, -0.05) is 30.3 Å². The lowest BCUT2D eigenvalue weighted by Gasteiger charge is -2.36. The zero-order valence-electron chi connectivity index (χ0n) is 13.2. The maximum Gasteiger partial charge on any atom is 0.441 e. The Balaban J connectivity index is 2.71. The van der Waals surface area contributed by atoms with Gasteiger partial charge in [0.05, 0.1) is 11.3 Å². The maximum atomic E-state index is 13.7. The summed E-state index contributed by atoms with van der Waals surface area (Å²) >= 11 is 0. The van der Waals surface area contributed by atoms with Gasteiger partial charge in [-0.25, -0.2) is 0 Å². The Hall–Kier alpha value is -2.35. The summed E-state index contributed by atoms with van der Waals surface area (Å²) < 4.78 is 41.1. The Morgan fingerprint density at radius 2 is 1.88 bits per heavy atom. The molecule has 2 rings (SSSR count). The molecule has 24 heavy (non-hydrogen) atoms. The first-order chi connectivity index (χ1) is 11.2. The van der Waals surface area contributed by atoms with Gasteiger partial charge in [0.25, 0.3) is 5.72 Å². The quantitative estimate of drug-likeness (QED) is 0.718. The molecule has 1 aliphatic rings. The molecule has 130 valence electrons. The summed E-state index contributed by atoms with van der Waals surface area (Å²) in [6, 6.07) is 7.40. The highest BCUT2D eigenvalue weighted by molar-refractivity contribution is 6.18. The van der Waals surface area contributed by atoms with E-state index in [4.69, 9.17) is 5.41 Å². The molecule has 0 fully saturated rings. The van der Waals surface area contributed by atoms with E-state index in [0.717, 1.165) is 0 Å². The number of halogens is 3. The van der Waals surface area contributed by atoms with E-state index >= 15 is 0 Å². The van der Waals surface area contributed by atoms with E-state index in [2.05, 4.69) is 5.32 Å². The number of amidine groups is 1. The van der Waals surface area contributed by atoms with Crippen LogP contribution in [0.15, 0.2) is 41.6 Å². The molecular formula is C16H18F3N3O2. The number of carbonyl (C=O) groups is 1. The molecule has 1 heterocycles. The SMILES string of the molecule is CCNC1=C(C(=O)c2ccccc2)C(O)(C(F)(F)F)N(CC)C1=N. The third kappa shape index (κ3) is 2.56. The molecule has 1 aromatic rings. The number of Topliss-reactive ketones (excluding diaryl/α,β-unsaturated/α-hetero) is 1. The minimum absolute atomic E-state index is 0.0105. The summed E-state index contributed by atoms with van der Waals surface area (Å²) in [5.41, 5.74) is -4.69. The van der Waals surface area contributed by atoms with Crippen molar-refractivity contribution in [2.75, 3.05) is 13.1 Å². The monoisotopic (exact) mass is 341 g/mol. The lowest BCUT2D eigenvalue weighted by molar-refractivity contribution is -0.279. The molecule has 0 bridgehead atoms. The topological polar surface area (TPSA) is 76.4 Å². The highest BCUT2D eigenvalue weighted by Gasteiger charge is 2.67. The fraction of sp³-hybridized carbons (Fsp3) is 0.375. The molecule has 0 aliphatic carbocycles. The summed E-state index contributed by atoms with van der Waals surface area (Å²) in [6.45, 7) is 2.93. The molecule has 0 aromatic heterocycles. The van der Waals surface area contributed by atoms with Gasteiger partial charge in [-0.05, 0) is 13.8 Å². The fourth-order valence-corrected chi connectivity index (χ4v) is 2.76. The first kappa shape index (κ1) is 18.0. The van der Waals surface area contributed by atoms with Crippen molar-refractivity contribution in [3.8, 4) is 0 Å². The van der Waals surface area contributed by atoms with E-state index in [1.807, 2.05) is 0 Å². The zero-order valence-corrected chi connectivity index (χ0v) is 13.2. The molecule has 0 radical (unpaired) electrons. The molecule has 1 aromatic carbocycles. The number of benzene rings is 1. The lowest BCUT2D eigenvalue weighted by Crippen LogP contribution is -2.59. The Morgan fingerprint density at radius 1 is 1.29 bits per heavy atom. The second-order valence-corrected chi connectivity index (χ2v) is 5.24. The molecule has 0 saturated heterocycles. The summed E-state index contributed by atoms with van der Waals surface area (Å²) in [5, 5.41) is 21.1. The van der Waals surface area contributed by atoms with Crippen LogP contribution in [-0.4, -0.2) is 46.6 Å². The van der Waals surface area contributed by atoms with Crippen LogP contribution in [0.4, 0.5) is 13.2 Å². The lowest BCUT2D eigenvalue weighted by atomic mass is 9.93. The highest BCUT2D eigenvalue weighted by atomic mass is 19.4. The number of nitrogens with zero attached hydrogens (tertiary/aromatic N) is 1. The van der Waals surface area contributed by atoms with Crippen LogP contribution in [0.3, 0.4) is 0 Å². The molecule has 1 aliphatic heterocycles. The molecule has 8 heteroatoms. The van der Waals surface area contributed by atoms with E-state index in [9.17, 15) is 23.1 Å². The van der Waals surface area contributed by atoms with Crippen molar-refractivity contribution in [2.45, 2.75) is 25.7 Å². The van der Waals surface area contributed by atoms with E-state index in [-0.39, 0.29) is 24.4 Å². The Morgan fingerprint density at radius 3 is 2.33 bits per heavy atom. The average molecular weight is 341 g/mol. The molecule has 0 spiro atoms. The van der Waals surface area contributed by atoms with Gasteiger partial charge in [0.15, 0.2) is 5.78 Å². The third-order valence-corrected chi connectivity index (χ3v) is 3.82. The number of rotatable bonds is 5. The van der Waals surface area contributed by atoms with Crippen molar-refractivity contribution in [3.05, 3.63) is 47.2 Å². The molecular weight excluding hydrogens is 323 g/mol. The molecule has 1 unspecified atom stereocenters. The standard InChI is InChI=1S/C16H18F3N3O2/c1-3-21-12-11(13(23)10-8-6-5-7-9-10)15(24,16(17,18)19)22(4-2)14(12)20/h5-9,20-21,24H,3-4H2,1-2H3. The van der Waals surface area contributed by atoms with Gasteiger partial charge in [0.2, 0.25) is 0 Å². The van der Waals surface area contributed by atoms with Crippen LogP contribution in [-0.2, 0) is 0 Å². The van der Waals surface area contributed by atoms with Gasteiger partial charge in [-0.3, -0.25) is 10.2 Å². The Labute approximate surface area is 137 Å². The van der Waals surface area contributed by atoms with Crippen molar-refractivity contribution < 1.29 is 23.1 Å². The minimum atomic E-state index is -5.15. The van der Waals surface area contributed by atoms with Crippen LogP contribution in [0.2, 0.25) is 0 Å². The van der Waals surface area contributed by atoms with Crippen LogP contribution < -0.4 is 5.32 Å². The molecule has 1 atom stereocenters. The van der Waals surface area contributed by atoms with Gasteiger partial charge in [0.1, 0.15) is 5.84 Å². The Bertz CT molecular complexity index is 686. The number of likely N-dealkylation sites (N-methyl/N-ethyl adjacent to an activating group) is 2. The van der Waals surface area contributed by atoms with Crippen molar-refractivity contribution in [1.82, 2.24) is 10.2 Å². The highest BCUT2D eigenvalue weighted by Crippen LogP contribution is 2.45. The zero-order chi connectivity index (χ0) is 18.1. The minimum Gasteiger partial charge on any atom is -0.382 e. The van der Waals surface area contributed by atoms with E-state index in [1.165, 1.54) is 31.2 Å². The summed E-state index contributed by atoms with van der Waals surface area (Å²) in [7, 11) is 0. The second-order valence-electron chi connectivity index (χ2n) is 5.24. The summed E-state index contributed by atoms with van der Waals surface area (Å²) in [6.07, 6.45) is -5.15.